The van der Waals surface area contributed by atoms with Gasteiger partial charge in [0.2, 0.25) is 5.91 Å². The molecule has 3 unspecified atom stereocenters. The number of halogens is 4. The van der Waals surface area contributed by atoms with Crippen molar-refractivity contribution in [3.8, 4) is 5.69 Å². The van der Waals surface area contributed by atoms with Gasteiger partial charge in [0.25, 0.3) is 0 Å². The summed E-state index contributed by atoms with van der Waals surface area (Å²) >= 11 is 0. The normalized spacial score (nSPS) is 22.7. The number of alkyl halides is 3. The average molecular weight is 641 g/mol. The van der Waals surface area contributed by atoms with E-state index in [2.05, 4.69) is 15.2 Å². The fourth-order valence-corrected chi connectivity index (χ4v) is 6.37. The Hall–Kier alpha value is -3.20. The molecule has 0 bridgehead atoms. The van der Waals surface area contributed by atoms with Crippen LogP contribution in [-0.4, -0.2) is 93.6 Å². The quantitative estimate of drug-likeness (QED) is 0.421. The largest absolute Gasteiger partial charge is 0.416 e. The Balaban J connectivity index is 0.00000442. The van der Waals surface area contributed by atoms with Crippen molar-refractivity contribution in [3.05, 3.63) is 52.1 Å². The van der Waals surface area contributed by atoms with Crippen LogP contribution in [0, 0.1) is 17.8 Å². The molecule has 3 heterocycles. The van der Waals surface area contributed by atoms with Crippen molar-refractivity contribution in [2.45, 2.75) is 44.9 Å². The van der Waals surface area contributed by atoms with E-state index in [4.69, 9.17) is 11.5 Å². The number of aromatic nitrogens is 2. The third-order valence-corrected chi connectivity index (χ3v) is 8.93. The number of piperidine rings is 1. The van der Waals surface area contributed by atoms with Crippen LogP contribution < -0.4 is 22.5 Å². The summed E-state index contributed by atoms with van der Waals surface area (Å²) in [6.07, 6.45) is -3.10. The van der Waals surface area contributed by atoms with Gasteiger partial charge in [-0.25, -0.2) is 9.59 Å². The van der Waals surface area contributed by atoms with E-state index >= 15 is 0 Å². The van der Waals surface area contributed by atoms with E-state index in [1.165, 1.54) is 29.3 Å². The second kappa shape index (κ2) is 12.7. The first kappa shape index (κ1) is 33.7. The number of nitrogens with one attached hydrogen (secondary N) is 1. The molecule has 5 rings (SSSR count). The number of likely N-dealkylation sites (tertiary alicyclic amines) is 1. The Morgan fingerprint density at radius 1 is 1.07 bits per heavy atom. The molecule has 0 spiro atoms. The summed E-state index contributed by atoms with van der Waals surface area (Å²) < 4.78 is 43.4. The summed E-state index contributed by atoms with van der Waals surface area (Å²) in [5, 5.41) is 2.55. The summed E-state index contributed by atoms with van der Waals surface area (Å²) in [6, 6.07) is 4.66. The fourth-order valence-electron chi connectivity index (χ4n) is 6.37. The van der Waals surface area contributed by atoms with Gasteiger partial charge in [-0.2, -0.15) is 18.2 Å². The van der Waals surface area contributed by atoms with Crippen LogP contribution in [0.25, 0.3) is 5.69 Å². The molecule has 2 aromatic rings. The van der Waals surface area contributed by atoms with Crippen molar-refractivity contribution in [1.82, 2.24) is 24.3 Å². The predicted octanol–water partition coefficient (Wildman–Crippen LogP) is 2.15. The van der Waals surface area contributed by atoms with Crippen LogP contribution in [0.1, 0.15) is 31.9 Å². The van der Waals surface area contributed by atoms with Gasteiger partial charge >= 0.3 is 17.9 Å². The van der Waals surface area contributed by atoms with Gasteiger partial charge in [0.1, 0.15) is 5.82 Å². The van der Waals surface area contributed by atoms with Crippen molar-refractivity contribution in [2.75, 3.05) is 51.1 Å². The van der Waals surface area contributed by atoms with Crippen LogP contribution in [0.2, 0.25) is 0 Å². The van der Waals surface area contributed by atoms with E-state index in [-0.39, 0.29) is 60.9 Å². The summed E-state index contributed by atoms with van der Waals surface area (Å²) in [7, 11) is 0. The van der Waals surface area contributed by atoms with Gasteiger partial charge in [-0.1, -0.05) is 6.07 Å². The molecule has 2 aliphatic heterocycles. The Kier molecular flexibility index (Phi) is 9.69. The molecule has 2 saturated heterocycles. The highest BCUT2D eigenvalue weighted by Gasteiger charge is 2.55. The average Bonchev–Trinajstić information content (AvgIpc) is 3.41. The molecule has 0 radical (unpaired) electrons. The van der Waals surface area contributed by atoms with E-state index in [0.29, 0.717) is 37.4 Å². The number of nitrogens with two attached hydrogens (primary N) is 2. The lowest BCUT2D eigenvalue weighted by atomic mass is 9.98. The Morgan fingerprint density at radius 3 is 2.23 bits per heavy atom. The molecule has 3 aliphatic rings. The zero-order chi connectivity index (χ0) is 31.3. The molecule has 44 heavy (non-hydrogen) atoms. The maximum absolute atomic E-state index is 14.1. The molecule has 3 fully saturated rings. The summed E-state index contributed by atoms with van der Waals surface area (Å²) in [4.78, 5) is 47.1. The van der Waals surface area contributed by atoms with Crippen molar-refractivity contribution in [2.24, 2.45) is 29.2 Å². The van der Waals surface area contributed by atoms with Gasteiger partial charge in [0, 0.05) is 51.5 Å². The lowest BCUT2D eigenvalue weighted by molar-refractivity contribution is -0.138. The minimum absolute atomic E-state index is 0. The smallest absolute Gasteiger partial charge is 0.338 e. The highest BCUT2D eigenvalue weighted by molar-refractivity contribution is 5.89. The first-order valence-electron chi connectivity index (χ1n) is 14.6. The first-order chi connectivity index (χ1) is 20.2. The molecular weight excluding hydrogens is 601 g/mol. The molecule has 11 nitrogen and oxygen atoms in total. The van der Waals surface area contributed by atoms with Crippen LogP contribution in [-0.2, 0) is 17.4 Å². The van der Waals surface area contributed by atoms with Gasteiger partial charge in [-0.05, 0) is 75.3 Å². The van der Waals surface area contributed by atoms with Crippen molar-refractivity contribution < 1.29 is 22.8 Å². The Morgan fingerprint density at radius 2 is 1.68 bits per heavy atom. The number of nitrogens with zero attached hydrogens (tertiary/aromatic N) is 5. The highest BCUT2D eigenvalue weighted by atomic mass is 35.5. The van der Waals surface area contributed by atoms with Crippen LogP contribution >= 0.6 is 12.4 Å². The molecule has 1 aromatic heterocycles. The minimum atomic E-state index is -4.61. The number of hydrogen-bond donors (Lipinski definition) is 3. The Labute approximate surface area is 260 Å². The molecule has 3 amide bonds. The number of amides is 3. The standard InChI is InChI=1S/C29H39F3N8O3.ClH/c1-17(39-15-21-20(14-33)22(21)16-39)12-18-4-5-19(13-23(18)29(30,31)32)40-7-6-24(36-27(40)43)35-26(42)38-10-8-37(9-11-38)25(41)28(2,3)34;/h4-7,13,17,20-22H,8-12,14-16,33-34H2,1-3H3,(H,35,36,42,43);1H. The number of piperazine rings is 1. The maximum atomic E-state index is 14.1. The van der Waals surface area contributed by atoms with Crippen molar-refractivity contribution in [3.63, 3.8) is 0 Å². The van der Waals surface area contributed by atoms with Crippen LogP contribution in [0.5, 0.6) is 0 Å². The van der Waals surface area contributed by atoms with Crippen LogP contribution in [0.3, 0.4) is 0 Å². The number of carbonyl (C=O) groups is 2. The summed E-state index contributed by atoms with van der Waals surface area (Å²) in [6.45, 7) is 8.72. The second-order valence-corrected chi connectivity index (χ2v) is 12.5. The maximum Gasteiger partial charge on any atom is 0.416 e. The number of benzene rings is 1. The molecule has 15 heteroatoms. The van der Waals surface area contributed by atoms with Crippen molar-refractivity contribution >= 4 is 30.2 Å². The Bertz CT molecular complexity index is 1430. The lowest BCUT2D eigenvalue weighted by Crippen LogP contribution is -2.58. The first-order valence-corrected chi connectivity index (χ1v) is 14.6. The lowest BCUT2D eigenvalue weighted by Gasteiger charge is -2.37. The van der Waals surface area contributed by atoms with Gasteiger partial charge in [-0.15, -0.1) is 12.4 Å². The molecule has 5 N–H and O–H groups in total. The van der Waals surface area contributed by atoms with Gasteiger partial charge < -0.3 is 21.3 Å². The molecule has 3 atom stereocenters. The number of rotatable bonds is 7. The van der Waals surface area contributed by atoms with Gasteiger partial charge in [-0.3, -0.25) is 19.6 Å². The third kappa shape index (κ3) is 7.03. The topological polar surface area (TPSA) is 143 Å². The SMILES string of the molecule is CC(Cc1ccc(-n2ccc(NC(=O)N3CCN(C(=O)C(C)(C)N)CC3)nc2=O)cc1C(F)(F)F)N1CC2C(CN)C2C1.Cl. The third-order valence-electron chi connectivity index (χ3n) is 8.93. The summed E-state index contributed by atoms with van der Waals surface area (Å²) in [5.41, 5.74) is 9.22. The van der Waals surface area contributed by atoms with Crippen LogP contribution in [0.15, 0.2) is 35.3 Å². The minimum Gasteiger partial charge on any atom is -0.338 e. The van der Waals surface area contributed by atoms with E-state index < -0.39 is 29.0 Å². The zero-order valence-corrected chi connectivity index (χ0v) is 25.8. The number of hydrogen-bond acceptors (Lipinski definition) is 7. The number of fused-ring (bicyclic) bond motifs is 1. The molecule has 1 aromatic carbocycles. The second-order valence-electron chi connectivity index (χ2n) is 12.5. The number of anilines is 1. The van der Waals surface area contributed by atoms with E-state index in [9.17, 15) is 27.6 Å². The monoisotopic (exact) mass is 640 g/mol. The van der Waals surface area contributed by atoms with E-state index in [1.807, 2.05) is 6.92 Å². The zero-order valence-electron chi connectivity index (χ0n) is 25.0. The molecule has 242 valence electrons. The molecule has 1 aliphatic carbocycles. The van der Waals surface area contributed by atoms with Crippen molar-refractivity contribution in [1.29, 1.82) is 0 Å². The van der Waals surface area contributed by atoms with Crippen LogP contribution in [0.4, 0.5) is 23.8 Å². The number of urea groups is 1. The predicted molar refractivity (Wildman–Crippen MR) is 162 cm³/mol. The molecule has 1 saturated carbocycles. The highest BCUT2D eigenvalue weighted by Crippen LogP contribution is 2.51. The summed E-state index contributed by atoms with van der Waals surface area (Å²) in [5.74, 6) is 1.40. The van der Waals surface area contributed by atoms with E-state index in [1.54, 1.807) is 18.7 Å². The fraction of sp³-hybridized carbons (Fsp3) is 0.586. The van der Waals surface area contributed by atoms with Gasteiger partial charge in [0.05, 0.1) is 16.8 Å². The van der Waals surface area contributed by atoms with E-state index in [0.717, 1.165) is 23.7 Å². The molecular formula is C29H40ClF3N8O3. The van der Waals surface area contributed by atoms with Gasteiger partial charge in [0.15, 0.2) is 0 Å². The number of carbonyl (C=O) groups excluding carboxylic acids is 2.